The number of nitrogens with zero attached hydrogens (tertiary/aromatic N) is 3. The van der Waals surface area contributed by atoms with Crippen LogP contribution in [0.25, 0.3) is 0 Å². The third kappa shape index (κ3) is 4.84. The first-order valence-electron chi connectivity index (χ1n) is 7.78. The van der Waals surface area contributed by atoms with Crippen molar-refractivity contribution in [3.63, 3.8) is 0 Å². The first kappa shape index (κ1) is 17.0. The van der Waals surface area contributed by atoms with E-state index in [-0.39, 0.29) is 6.03 Å². The van der Waals surface area contributed by atoms with Gasteiger partial charge in [-0.05, 0) is 26.2 Å². The molecule has 1 N–H and O–H groups in total. The van der Waals surface area contributed by atoms with E-state index in [1.54, 1.807) is 23.3 Å². The molecule has 0 unspecified atom stereocenters. The molecule has 0 radical (unpaired) electrons. The molecule has 2 heterocycles. The number of urea groups is 1. The van der Waals surface area contributed by atoms with Crippen molar-refractivity contribution in [3.05, 3.63) is 11.1 Å². The average Bonchev–Trinajstić information content (AvgIpc) is 2.92. The van der Waals surface area contributed by atoms with Crippen molar-refractivity contribution in [2.24, 2.45) is 0 Å². The summed E-state index contributed by atoms with van der Waals surface area (Å²) >= 11 is 1.64. The molecule has 2 amide bonds. The van der Waals surface area contributed by atoms with Crippen LogP contribution in [0, 0.1) is 6.92 Å². The van der Waals surface area contributed by atoms with Crippen LogP contribution in [0.1, 0.15) is 25.0 Å². The number of ether oxygens (including phenoxy) is 1. The van der Waals surface area contributed by atoms with Gasteiger partial charge in [-0.1, -0.05) is 0 Å². The molecule has 7 heteroatoms. The van der Waals surface area contributed by atoms with Gasteiger partial charge in [-0.3, -0.25) is 0 Å². The Balaban J connectivity index is 1.73. The highest BCUT2D eigenvalue weighted by Gasteiger charge is 2.25. The summed E-state index contributed by atoms with van der Waals surface area (Å²) in [5, 5.41) is 6.51. The van der Waals surface area contributed by atoms with Crippen molar-refractivity contribution in [2.75, 3.05) is 45.7 Å². The highest BCUT2D eigenvalue weighted by molar-refractivity contribution is 7.13. The SMILES string of the molecule is COCCCN(C)C(=O)N1CCC(Nc2nc(C)cs2)CC1. The van der Waals surface area contributed by atoms with E-state index in [4.69, 9.17) is 4.74 Å². The minimum atomic E-state index is 0.125. The number of likely N-dealkylation sites (tertiary alicyclic amines) is 1. The molecule has 1 fully saturated rings. The van der Waals surface area contributed by atoms with Crippen LogP contribution >= 0.6 is 11.3 Å². The Labute approximate surface area is 136 Å². The minimum Gasteiger partial charge on any atom is -0.385 e. The molecule has 2 rings (SSSR count). The second-order valence-electron chi connectivity index (χ2n) is 5.75. The summed E-state index contributed by atoms with van der Waals surface area (Å²) < 4.78 is 5.03. The Morgan fingerprint density at radius 2 is 2.27 bits per heavy atom. The van der Waals surface area contributed by atoms with Gasteiger partial charge in [-0.25, -0.2) is 9.78 Å². The van der Waals surface area contributed by atoms with Crippen LogP contribution in [0.4, 0.5) is 9.93 Å². The zero-order valence-corrected chi connectivity index (χ0v) is 14.5. The third-order valence-corrected chi connectivity index (χ3v) is 4.77. The van der Waals surface area contributed by atoms with E-state index in [1.807, 2.05) is 18.9 Å². The number of rotatable bonds is 6. The Morgan fingerprint density at radius 1 is 1.55 bits per heavy atom. The van der Waals surface area contributed by atoms with Gasteiger partial charge in [0.2, 0.25) is 0 Å². The number of nitrogens with one attached hydrogen (secondary N) is 1. The van der Waals surface area contributed by atoms with E-state index >= 15 is 0 Å². The molecule has 1 aromatic rings. The van der Waals surface area contributed by atoms with Gasteiger partial charge in [0.15, 0.2) is 5.13 Å². The lowest BCUT2D eigenvalue weighted by atomic mass is 10.1. The first-order valence-corrected chi connectivity index (χ1v) is 8.65. The highest BCUT2D eigenvalue weighted by atomic mass is 32.1. The number of aryl methyl sites for hydroxylation is 1. The maximum atomic E-state index is 12.3. The molecule has 1 aromatic heterocycles. The molecule has 0 aromatic carbocycles. The molecule has 1 aliphatic rings. The zero-order valence-electron chi connectivity index (χ0n) is 13.7. The van der Waals surface area contributed by atoms with Gasteiger partial charge in [0, 0.05) is 51.8 Å². The normalized spacial score (nSPS) is 15.9. The van der Waals surface area contributed by atoms with Crippen LogP contribution in [-0.2, 0) is 4.74 Å². The van der Waals surface area contributed by atoms with E-state index in [9.17, 15) is 4.79 Å². The Morgan fingerprint density at radius 3 is 2.86 bits per heavy atom. The Hall–Kier alpha value is -1.34. The van der Waals surface area contributed by atoms with E-state index in [0.29, 0.717) is 12.6 Å². The molecular formula is C15H26N4O2S. The lowest BCUT2D eigenvalue weighted by molar-refractivity contribution is 0.141. The van der Waals surface area contributed by atoms with Gasteiger partial charge in [0.25, 0.3) is 0 Å². The van der Waals surface area contributed by atoms with Crippen molar-refractivity contribution in [1.82, 2.24) is 14.8 Å². The highest BCUT2D eigenvalue weighted by Crippen LogP contribution is 2.20. The summed E-state index contributed by atoms with van der Waals surface area (Å²) in [6.45, 7) is 5.04. The van der Waals surface area contributed by atoms with Crippen molar-refractivity contribution in [3.8, 4) is 0 Å². The molecular weight excluding hydrogens is 300 g/mol. The van der Waals surface area contributed by atoms with Crippen molar-refractivity contribution >= 4 is 22.5 Å². The van der Waals surface area contributed by atoms with Crippen LogP contribution in [0.3, 0.4) is 0 Å². The number of methoxy groups -OCH3 is 1. The molecule has 1 aliphatic heterocycles. The molecule has 0 bridgehead atoms. The number of thiazole rings is 1. The lowest BCUT2D eigenvalue weighted by Gasteiger charge is -2.34. The van der Waals surface area contributed by atoms with Gasteiger partial charge in [-0.15, -0.1) is 11.3 Å². The zero-order chi connectivity index (χ0) is 15.9. The van der Waals surface area contributed by atoms with Crippen LogP contribution < -0.4 is 5.32 Å². The molecule has 0 spiro atoms. The van der Waals surface area contributed by atoms with E-state index in [1.165, 1.54) is 0 Å². The summed E-state index contributed by atoms with van der Waals surface area (Å²) in [6.07, 6.45) is 2.81. The van der Waals surface area contributed by atoms with Crippen molar-refractivity contribution in [1.29, 1.82) is 0 Å². The van der Waals surface area contributed by atoms with Crippen LogP contribution in [-0.4, -0.2) is 67.3 Å². The van der Waals surface area contributed by atoms with Gasteiger partial charge >= 0.3 is 6.03 Å². The smallest absolute Gasteiger partial charge is 0.319 e. The lowest BCUT2D eigenvalue weighted by Crippen LogP contribution is -2.47. The molecule has 22 heavy (non-hydrogen) atoms. The minimum absolute atomic E-state index is 0.125. The van der Waals surface area contributed by atoms with Crippen molar-refractivity contribution in [2.45, 2.75) is 32.2 Å². The van der Waals surface area contributed by atoms with E-state index in [0.717, 1.165) is 49.7 Å². The summed E-state index contributed by atoms with van der Waals surface area (Å²) in [6, 6.07) is 0.535. The molecule has 124 valence electrons. The fourth-order valence-electron chi connectivity index (χ4n) is 2.59. The van der Waals surface area contributed by atoms with Crippen LogP contribution in [0.2, 0.25) is 0 Å². The van der Waals surface area contributed by atoms with Crippen molar-refractivity contribution < 1.29 is 9.53 Å². The molecule has 0 saturated carbocycles. The largest absolute Gasteiger partial charge is 0.385 e. The number of hydrogen-bond donors (Lipinski definition) is 1. The second-order valence-corrected chi connectivity index (χ2v) is 6.61. The standard InChI is InChI=1S/C15H26N4O2S/c1-12-11-22-14(16-12)17-13-5-8-19(9-6-13)15(20)18(2)7-4-10-21-3/h11,13H,4-10H2,1-3H3,(H,16,17). The number of amides is 2. The second kappa shape index (κ2) is 8.33. The summed E-state index contributed by atoms with van der Waals surface area (Å²) in [4.78, 5) is 20.5. The van der Waals surface area contributed by atoms with Gasteiger partial charge in [0.05, 0.1) is 5.69 Å². The summed E-state index contributed by atoms with van der Waals surface area (Å²) in [7, 11) is 3.55. The number of hydrogen-bond acceptors (Lipinski definition) is 5. The topological polar surface area (TPSA) is 57.7 Å². The predicted molar refractivity (Wildman–Crippen MR) is 89.6 cm³/mol. The number of piperidine rings is 1. The van der Waals surface area contributed by atoms with Crippen LogP contribution in [0.5, 0.6) is 0 Å². The maximum Gasteiger partial charge on any atom is 0.319 e. The van der Waals surface area contributed by atoms with Gasteiger partial charge in [0.1, 0.15) is 0 Å². The number of anilines is 1. The maximum absolute atomic E-state index is 12.3. The Kier molecular flexibility index (Phi) is 6.45. The summed E-state index contributed by atoms with van der Waals surface area (Å²) in [5.41, 5.74) is 1.05. The van der Waals surface area contributed by atoms with E-state index < -0.39 is 0 Å². The summed E-state index contributed by atoms with van der Waals surface area (Å²) in [5.74, 6) is 0. The van der Waals surface area contributed by atoms with Crippen LogP contribution in [0.15, 0.2) is 5.38 Å². The fraction of sp³-hybridized carbons (Fsp3) is 0.733. The molecule has 0 atom stereocenters. The number of carbonyl (C=O) groups is 1. The molecule has 0 aliphatic carbocycles. The molecule has 6 nitrogen and oxygen atoms in total. The number of carbonyl (C=O) groups excluding carboxylic acids is 1. The van der Waals surface area contributed by atoms with Gasteiger partial charge in [-0.2, -0.15) is 0 Å². The Bertz CT molecular complexity index is 472. The molecule has 1 saturated heterocycles. The monoisotopic (exact) mass is 326 g/mol. The third-order valence-electron chi connectivity index (χ3n) is 3.88. The predicted octanol–water partition coefficient (Wildman–Crippen LogP) is 2.42. The average molecular weight is 326 g/mol. The first-order chi connectivity index (χ1) is 10.6. The quantitative estimate of drug-likeness (QED) is 0.816. The fourth-order valence-corrected chi connectivity index (χ4v) is 3.36. The van der Waals surface area contributed by atoms with Gasteiger partial charge < -0.3 is 19.9 Å². The van der Waals surface area contributed by atoms with E-state index in [2.05, 4.69) is 15.7 Å². The number of aromatic nitrogens is 1.